The summed E-state index contributed by atoms with van der Waals surface area (Å²) in [5, 5.41) is 6.72. The number of hydrogen-bond donors (Lipinski definition) is 2. The maximum atomic E-state index is 11.7. The maximum Gasteiger partial charge on any atom is 0.314 e. The first-order chi connectivity index (χ1) is 14.2. The third-order valence-corrected chi connectivity index (χ3v) is 5.82. The number of aryl methyl sites for hydroxylation is 1. The predicted molar refractivity (Wildman–Crippen MR) is 137 cm³/mol. The molecule has 2 amide bonds. The Morgan fingerprint density at radius 3 is 1.97 bits per heavy atom. The Labute approximate surface area is 206 Å². The quantitative estimate of drug-likeness (QED) is 0.378. The van der Waals surface area contributed by atoms with Gasteiger partial charge in [0.2, 0.25) is 0 Å². The smallest absolute Gasteiger partial charge is 0.314 e. The van der Waals surface area contributed by atoms with Crippen LogP contribution < -0.4 is 10.6 Å². The molecule has 0 saturated carbocycles. The lowest BCUT2D eigenvalue weighted by Gasteiger charge is -2.34. The lowest BCUT2D eigenvalue weighted by molar-refractivity contribution is 0.130. The standard InChI is InChI=1S/C23H39ClN4O.2ClH/c1-2-3-4-5-13-25-23(29)26-14-7-16-28-19-17-27(18-20-28)15-6-8-21-9-11-22(24)12-10-21;;/h9-12H,2-8,13-20H2,1H3,(H2,25,26,29);2*1H. The van der Waals surface area contributed by atoms with E-state index >= 15 is 0 Å². The van der Waals surface area contributed by atoms with Crippen LogP contribution in [0.2, 0.25) is 5.02 Å². The molecule has 180 valence electrons. The molecule has 1 aromatic carbocycles. The molecule has 1 fully saturated rings. The number of carbonyl (C=O) groups excluding carboxylic acids is 1. The van der Waals surface area contributed by atoms with E-state index in [1.807, 2.05) is 12.1 Å². The summed E-state index contributed by atoms with van der Waals surface area (Å²) in [6.07, 6.45) is 8.07. The number of amides is 2. The molecule has 0 radical (unpaired) electrons. The first kappa shape index (κ1) is 30.3. The highest BCUT2D eigenvalue weighted by Gasteiger charge is 2.16. The highest BCUT2D eigenvalue weighted by molar-refractivity contribution is 6.30. The number of nitrogens with one attached hydrogen (secondary N) is 2. The van der Waals surface area contributed by atoms with Gasteiger partial charge >= 0.3 is 6.03 Å². The van der Waals surface area contributed by atoms with Crippen molar-refractivity contribution in [1.29, 1.82) is 0 Å². The fourth-order valence-corrected chi connectivity index (χ4v) is 3.84. The largest absolute Gasteiger partial charge is 0.338 e. The van der Waals surface area contributed by atoms with E-state index in [1.54, 1.807) is 0 Å². The van der Waals surface area contributed by atoms with Gasteiger partial charge in [0, 0.05) is 44.3 Å². The molecule has 2 N–H and O–H groups in total. The molecule has 0 atom stereocenters. The fourth-order valence-electron chi connectivity index (χ4n) is 3.72. The van der Waals surface area contributed by atoms with Crippen molar-refractivity contribution in [1.82, 2.24) is 20.4 Å². The van der Waals surface area contributed by atoms with E-state index in [0.29, 0.717) is 0 Å². The summed E-state index contributed by atoms with van der Waals surface area (Å²) in [6, 6.07) is 8.18. The number of halogens is 3. The molecule has 0 bridgehead atoms. The molecule has 31 heavy (non-hydrogen) atoms. The minimum atomic E-state index is -0.0213. The molecule has 1 heterocycles. The Kier molecular flexibility index (Phi) is 18.4. The fraction of sp³-hybridized carbons (Fsp3) is 0.696. The number of benzene rings is 1. The number of carbonyl (C=O) groups is 1. The van der Waals surface area contributed by atoms with Crippen LogP contribution in [-0.2, 0) is 6.42 Å². The second-order valence-electron chi connectivity index (χ2n) is 8.01. The molecule has 1 aliphatic rings. The Morgan fingerprint density at radius 1 is 0.839 bits per heavy atom. The SMILES string of the molecule is CCCCCCNC(=O)NCCCN1CCN(CCCc2ccc(Cl)cc2)CC1.Cl.Cl. The van der Waals surface area contributed by atoms with Crippen molar-refractivity contribution in [2.45, 2.75) is 51.9 Å². The molecule has 1 aliphatic heterocycles. The van der Waals surface area contributed by atoms with Crippen LogP contribution in [0.3, 0.4) is 0 Å². The van der Waals surface area contributed by atoms with Crippen LogP contribution >= 0.6 is 36.4 Å². The zero-order chi connectivity index (χ0) is 20.7. The lowest BCUT2D eigenvalue weighted by atomic mass is 10.1. The van der Waals surface area contributed by atoms with Gasteiger partial charge in [-0.05, 0) is 56.5 Å². The number of nitrogens with zero attached hydrogens (tertiary/aromatic N) is 2. The molecule has 0 aliphatic carbocycles. The second kappa shape index (κ2) is 18.8. The average molecular weight is 496 g/mol. The number of unbranched alkanes of at least 4 members (excludes halogenated alkanes) is 3. The predicted octanol–water partition coefficient (Wildman–Crippen LogP) is 5.00. The average Bonchev–Trinajstić information content (AvgIpc) is 2.73. The van der Waals surface area contributed by atoms with Gasteiger partial charge in [0.05, 0.1) is 0 Å². The Balaban J connectivity index is 0.00000450. The lowest BCUT2D eigenvalue weighted by Crippen LogP contribution is -2.47. The monoisotopic (exact) mass is 494 g/mol. The molecule has 0 unspecified atom stereocenters. The van der Waals surface area contributed by atoms with Crippen LogP contribution in [0.25, 0.3) is 0 Å². The maximum absolute atomic E-state index is 11.7. The Hall–Kier alpha value is -0.720. The minimum absolute atomic E-state index is 0. The third kappa shape index (κ3) is 14.1. The molecule has 8 heteroatoms. The number of hydrogen-bond acceptors (Lipinski definition) is 3. The molecule has 0 spiro atoms. The summed E-state index contributed by atoms with van der Waals surface area (Å²) in [5.41, 5.74) is 1.37. The highest BCUT2D eigenvalue weighted by atomic mass is 35.5. The number of rotatable bonds is 13. The number of urea groups is 1. The molecular weight excluding hydrogens is 455 g/mol. The zero-order valence-corrected chi connectivity index (χ0v) is 21.3. The van der Waals surface area contributed by atoms with Gasteiger partial charge in [0.15, 0.2) is 0 Å². The molecule has 1 aromatic rings. The van der Waals surface area contributed by atoms with E-state index in [4.69, 9.17) is 11.6 Å². The van der Waals surface area contributed by atoms with Crippen LogP contribution in [0.15, 0.2) is 24.3 Å². The van der Waals surface area contributed by atoms with Crippen molar-refractivity contribution in [3.8, 4) is 0 Å². The summed E-state index contributed by atoms with van der Waals surface area (Å²) in [5.74, 6) is 0. The molecule has 0 aromatic heterocycles. The third-order valence-electron chi connectivity index (χ3n) is 5.57. The summed E-state index contributed by atoms with van der Waals surface area (Å²) in [6.45, 7) is 10.5. The first-order valence-electron chi connectivity index (χ1n) is 11.4. The summed E-state index contributed by atoms with van der Waals surface area (Å²) in [7, 11) is 0. The normalized spacial score (nSPS) is 14.4. The van der Waals surface area contributed by atoms with E-state index in [-0.39, 0.29) is 30.8 Å². The van der Waals surface area contributed by atoms with Gasteiger partial charge < -0.3 is 20.4 Å². The van der Waals surface area contributed by atoms with Gasteiger partial charge in [-0.1, -0.05) is 49.9 Å². The van der Waals surface area contributed by atoms with Crippen molar-refractivity contribution in [2.24, 2.45) is 0 Å². The van der Waals surface area contributed by atoms with Gasteiger partial charge in [-0.2, -0.15) is 0 Å². The van der Waals surface area contributed by atoms with Crippen molar-refractivity contribution >= 4 is 42.4 Å². The second-order valence-corrected chi connectivity index (χ2v) is 8.45. The van der Waals surface area contributed by atoms with Crippen LogP contribution in [0.5, 0.6) is 0 Å². The Morgan fingerprint density at radius 2 is 1.39 bits per heavy atom. The van der Waals surface area contributed by atoms with E-state index in [0.717, 1.165) is 76.6 Å². The zero-order valence-electron chi connectivity index (χ0n) is 18.9. The van der Waals surface area contributed by atoms with Crippen LogP contribution in [0, 0.1) is 0 Å². The van der Waals surface area contributed by atoms with Crippen molar-refractivity contribution in [2.75, 3.05) is 52.4 Å². The van der Waals surface area contributed by atoms with E-state index in [2.05, 4.69) is 39.5 Å². The molecule has 5 nitrogen and oxygen atoms in total. The van der Waals surface area contributed by atoms with E-state index < -0.39 is 0 Å². The first-order valence-corrected chi connectivity index (χ1v) is 11.8. The van der Waals surface area contributed by atoms with Crippen LogP contribution in [0.4, 0.5) is 4.79 Å². The van der Waals surface area contributed by atoms with Crippen LogP contribution in [-0.4, -0.2) is 68.2 Å². The van der Waals surface area contributed by atoms with Crippen molar-refractivity contribution < 1.29 is 4.79 Å². The molecular formula is C23H41Cl3N4O. The number of piperazine rings is 1. The van der Waals surface area contributed by atoms with Gasteiger partial charge in [-0.3, -0.25) is 0 Å². The van der Waals surface area contributed by atoms with E-state index in [1.165, 1.54) is 31.2 Å². The van der Waals surface area contributed by atoms with Gasteiger partial charge in [-0.25, -0.2) is 4.79 Å². The van der Waals surface area contributed by atoms with Crippen LogP contribution in [0.1, 0.15) is 51.0 Å². The van der Waals surface area contributed by atoms with Gasteiger partial charge in [0.25, 0.3) is 0 Å². The minimum Gasteiger partial charge on any atom is -0.338 e. The topological polar surface area (TPSA) is 47.6 Å². The van der Waals surface area contributed by atoms with Gasteiger partial charge in [-0.15, -0.1) is 24.8 Å². The van der Waals surface area contributed by atoms with Crippen molar-refractivity contribution in [3.63, 3.8) is 0 Å². The summed E-state index contributed by atoms with van der Waals surface area (Å²) < 4.78 is 0. The summed E-state index contributed by atoms with van der Waals surface area (Å²) in [4.78, 5) is 16.8. The molecule has 2 rings (SSSR count). The van der Waals surface area contributed by atoms with E-state index in [9.17, 15) is 4.79 Å². The van der Waals surface area contributed by atoms with Gasteiger partial charge in [0.1, 0.15) is 0 Å². The highest BCUT2D eigenvalue weighted by Crippen LogP contribution is 2.12. The molecule has 1 saturated heterocycles. The Bertz CT molecular complexity index is 566. The summed E-state index contributed by atoms with van der Waals surface area (Å²) >= 11 is 5.94. The van der Waals surface area contributed by atoms with Crippen molar-refractivity contribution in [3.05, 3.63) is 34.9 Å².